The molecular weight excluding hydrogens is 436 g/mol. The average molecular weight is 465 g/mol. The molecule has 1 unspecified atom stereocenters. The van der Waals surface area contributed by atoms with Crippen LogP contribution in [0.5, 0.6) is 11.5 Å². The minimum Gasteiger partial charge on any atom is -0.493 e. The van der Waals surface area contributed by atoms with E-state index >= 15 is 0 Å². The van der Waals surface area contributed by atoms with Gasteiger partial charge in [0.25, 0.3) is 0 Å². The molecule has 2 aromatic carbocycles. The molecule has 2 heterocycles. The number of amides is 2. The third-order valence-electron chi connectivity index (χ3n) is 6.64. The summed E-state index contributed by atoms with van der Waals surface area (Å²) < 4.78 is 12.9. The topological polar surface area (TPSA) is 106 Å². The molecular formula is C25H28N4O5. The minimum absolute atomic E-state index is 0.0113. The van der Waals surface area contributed by atoms with Crippen molar-refractivity contribution in [2.24, 2.45) is 0 Å². The van der Waals surface area contributed by atoms with E-state index in [2.05, 4.69) is 10.3 Å². The lowest BCUT2D eigenvalue weighted by atomic mass is 9.96. The van der Waals surface area contributed by atoms with Crippen LogP contribution in [0.15, 0.2) is 42.5 Å². The first-order valence-corrected chi connectivity index (χ1v) is 11.6. The second-order valence-electron chi connectivity index (χ2n) is 8.83. The number of benzene rings is 2. The van der Waals surface area contributed by atoms with Crippen LogP contribution < -0.4 is 14.8 Å². The summed E-state index contributed by atoms with van der Waals surface area (Å²) in [6, 6.07) is 12.7. The van der Waals surface area contributed by atoms with E-state index in [9.17, 15) is 14.7 Å². The summed E-state index contributed by atoms with van der Waals surface area (Å²) in [5, 5.41) is 12.7. The zero-order valence-corrected chi connectivity index (χ0v) is 19.1. The number of hydrogen-bond acceptors (Lipinski definition) is 5. The Bertz CT molecular complexity index is 1220. The highest BCUT2D eigenvalue weighted by atomic mass is 16.5. The van der Waals surface area contributed by atoms with E-state index in [1.54, 1.807) is 30.2 Å². The Hall–Kier alpha value is -3.75. The standard InChI is InChI=1S/C25H28N4O5/c1-33-21-11-10-16(12-22(21)34-18-6-2-3-7-18)17-13-26-24(30)28(14-17)15-23-27-19-8-4-5-9-20(19)29(23)25(31)32/h4-5,8-12,17-18H,2-3,6-7,13-15H2,1H3,(H,26,30)(H,31,32). The second kappa shape index (κ2) is 9.24. The molecule has 9 nitrogen and oxygen atoms in total. The fraction of sp³-hybridized carbons (Fsp3) is 0.400. The van der Waals surface area contributed by atoms with Crippen LogP contribution in [0.3, 0.4) is 0 Å². The zero-order chi connectivity index (χ0) is 23.7. The molecule has 2 N–H and O–H groups in total. The van der Waals surface area contributed by atoms with Gasteiger partial charge in [-0.2, -0.15) is 0 Å². The van der Waals surface area contributed by atoms with Crippen molar-refractivity contribution in [2.75, 3.05) is 20.2 Å². The molecule has 0 radical (unpaired) electrons. The molecule has 3 aromatic rings. The van der Waals surface area contributed by atoms with Gasteiger partial charge in [0, 0.05) is 19.0 Å². The maximum absolute atomic E-state index is 12.7. The summed E-state index contributed by atoms with van der Waals surface area (Å²) in [7, 11) is 1.63. The van der Waals surface area contributed by atoms with Crippen LogP contribution >= 0.6 is 0 Å². The predicted molar refractivity (Wildman–Crippen MR) is 126 cm³/mol. The van der Waals surface area contributed by atoms with Gasteiger partial charge in [-0.3, -0.25) is 0 Å². The van der Waals surface area contributed by atoms with E-state index in [1.807, 2.05) is 24.3 Å². The molecule has 5 rings (SSSR count). The van der Waals surface area contributed by atoms with Crippen LogP contribution in [-0.2, 0) is 6.54 Å². The van der Waals surface area contributed by atoms with E-state index in [0.29, 0.717) is 35.7 Å². The normalized spacial score (nSPS) is 18.8. The van der Waals surface area contributed by atoms with Crippen molar-refractivity contribution in [3.63, 3.8) is 0 Å². The van der Waals surface area contributed by atoms with Crippen molar-refractivity contribution >= 4 is 23.2 Å². The largest absolute Gasteiger partial charge is 0.493 e. The number of urea groups is 1. The summed E-state index contributed by atoms with van der Waals surface area (Å²) in [6.45, 7) is 1.01. The maximum atomic E-state index is 12.7. The number of imidazole rings is 1. The SMILES string of the molecule is COc1ccc(C2CNC(=O)N(Cc3nc4ccccc4n3C(=O)O)C2)cc1OC1CCCC1. The van der Waals surface area contributed by atoms with Gasteiger partial charge in [-0.25, -0.2) is 19.1 Å². The summed E-state index contributed by atoms with van der Waals surface area (Å²) in [5.74, 6) is 1.74. The fourth-order valence-electron chi connectivity index (χ4n) is 4.89. The monoisotopic (exact) mass is 464 g/mol. The van der Waals surface area contributed by atoms with Crippen LogP contribution in [0.1, 0.15) is 43.0 Å². The maximum Gasteiger partial charge on any atom is 0.417 e. The van der Waals surface area contributed by atoms with Crippen LogP contribution in [0.4, 0.5) is 9.59 Å². The van der Waals surface area contributed by atoms with Gasteiger partial charge in [-0.05, 0) is 55.5 Å². The van der Waals surface area contributed by atoms with Gasteiger partial charge in [0.2, 0.25) is 0 Å². The van der Waals surface area contributed by atoms with Gasteiger partial charge in [0.05, 0.1) is 30.8 Å². The summed E-state index contributed by atoms with van der Waals surface area (Å²) >= 11 is 0. The molecule has 34 heavy (non-hydrogen) atoms. The van der Waals surface area contributed by atoms with Gasteiger partial charge < -0.3 is 24.8 Å². The lowest BCUT2D eigenvalue weighted by Gasteiger charge is -2.33. The molecule has 1 aromatic heterocycles. The molecule has 1 aliphatic heterocycles. The number of carbonyl (C=O) groups is 2. The van der Waals surface area contributed by atoms with Crippen molar-refractivity contribution in [2.45, 2.75) is 44.2 Å². The molecule has 1 saturated heterocycles. The molecule has 0 spiro atoms. The fourth-order valence-corrected chi connectivity index (χ4v) is 4.89. The molecule has 1 saturated carbocycles. The molecule has 9 heteroatoms. The number of carboxylic acid groups (broad SMARTS) is 1. The Morgan fingerprint density at radius 2 is 1.97 bits per heavy atom. The number of ether oxygens (including phenoxy) is 2. The third-order valence-corrected chi connectivity index (χ3v) is 6.64. The number of nitrogens with one attached hydrogen (secondary N) is 1. The Balaban J connectivity index is 1.38. The smallest absolute Gasteiger partial charge is 0.417 e. The Kier molecular flexibility index (Phi) is 6.00. The molecule has 2 fully saturated rings. The average Bonchev–Trinajstić information content (AvgIpc) is 3.47. The highest BCUT2D eigenvalue weighted by Gasteiger charge is 2.29. The zero-order valence-electron chi connectivity index (χ0n) is 19.1. The quantitative estimate of drug-likeness (QED) is 0.566. The molecule has 1 atom stereocenters. The van der Waals surface area contributed by atoms with E-state index in [4.69, 9.17) is 9.47 Å². The van der Waals surface area contributed by atoms with Crippen molar-refractivity contribution < 1.29 is 24.2 Å². The first kappa shape index (κ1) is 22.1. The van der Waals surface area contributed by atoms with Gasteiger partial charge in [0.1, 0.15) is 5.82 Å². The van der Waals surface area contributed by atoms with Crippen molar-refractivity contribution in [1.82, 2.24) is 19.8 Å². The predicted octanol–water partition coefficient (Wildman–Crippen LogP) is 4.20. The molecule has 2 aliphatic rings. The van der Waals surface area contributed by atoms with Crippen molar-refractivity contribution in [3.8, 4) is 11.5 Å². The van der Waals surface area contributed by atoms with Crippen molar-refractivity contribution in [1.29, 1.82) is 0 Å². The summed E-state index contributed by atoms with van der Waals surface area (Å²) in [4.78, 5) is 30.7. The number of nitrogens with zero attached hydrogens (tertiary/aromatic N) is 3. The lowest BCUT2D eigenvalue weighted by Crippen LogP contribution is -2.50. The summed E-state index contributed by atoms with van der Waals surface area (Å²) in [6.07, 6.45) is 3.53. The number of aromatic nitrogens is 2. The second-order valence-corrected chi connectivity index (χ2v) is 8.83. The lowest BCUT2D eigenvalue weighted by molar-refractivity contribution is 0.171. The van der Waals surface area contributed by atoms with Gasteiger partial charge >= 0.3 is 12.1 Å². The van der Waals surface area contributed by atoms with E-state index in [1.165, 1.54) is 12.8 Å². The Morgan fingerprint density at radius 1 is 1.18 bits per heavy atom. The van der Waals surface area contributed by atoms with E-state index in [-0.39, 0.29) is 24.6 Å². The van der Waals surface area contributed by atoms with E-state index in [0.717, 1.165) is 28.7 Å². The molecule has 0 bridgehead atoms. The molecule has 1 aliphatic carbocycles. The highest BCUT2D eigenvalue weighted by molar-refractivity contribution is 5.86. The first-order chi connectivity index (χ1) is 16.5. The van der Waals surface area contributed by atoms with Gasteiger partial charge in [0.15, 0.2) is 11.5 Å². The van der Waals surface area contributed by atoms with Crippen LogP contribution in [0.25, 0.3) is 11.0 Å². The van der Waals surface area contributed by atoms with Crippen LogP contribution in [0, 0.1) is 0 Å². The third kappa shape index (κ3) is 4.25. The number of fused-ring (bicyclic) bond motifs is 1. The Labute approximate surface area is 197 Å². The Morgan fingerprint density at radius 3 is 2.74 bits per heavy atom. The number of methoxy groups -OCH3 is 1. The highest BCUT2D eigenvalue weighted by Crippen LogP contribution is 2.35. The van der Waals surface area contributed by atoms with Gasteiger partial charge in [-0.1, -0.05) is 18.2 Å². The molecule has 178 valence electrons. The number of para-hydroxylation sites is 2. The number of rotatable bonds is 6. The first-order valence-electron chi connectivity index (χ1n) is 11.6. The van der Waals surface area contributed by atoms with Crippen molar-refractivity contribution in [3.05, 3.63) is 53.9 Å². The van der Waals surface area contributed by atoms with Gasteiger partial charge in [-0.15, -0.1) is 0 Å². The number of carbonyl (C=O) groups excluding carboxylic acids is 1. The minimum atomic E-state index is -1.12. The van der Waals surface area contributed by atoms with E-state index < -0.39 is 6.09 Å². The van der Waals surface area contributed by atoms with Crippen LogP contribution in [-0.4, -0.2) is 58.0 Å². The number of hydrogen-bond donors (Lipinski definition) is 2. The molecule has 2 amide bonds. The van der Waals surface area contributed by atoms with Crippen LogP contribution in [0.2, 0.25) is 0 Å². The summed E-state index contributed by atoms with van der Waals surface area (Å²) in [5.41, 5.74) is 2.12.